The molecule has 2 aliphatic carbocycles. The Morgan fingerprint density at radius 3 is 2.31 bits per heavy atom. The molecule has 0 spiro atoms. The number of hydrogen-bond donors (Lipinski definition) is 2. The summed E-state index contributed by atoms with van der Waals surface area (Å²) in [5, 5.41) is 10.5. The summed E-state index contributed by atoms with van der Waals surface area (Å²) < 4.78 is 0. The largest absolute Gasteiger partial charge is 0.387 e. The van der Waals surface area contributed by atoms with E-state index in [1.165, 1.54) is 12.8 Å². The van der Waals surface area contributed by atoms with Crippen LogP contribution in [0.3, 0.4) is 0 Å². The summed E-state index contributed by atoms with van der Waals surface area (Å²) in [6.07, 6.45) is 5.05. The molecule has 0 heterocycles. The van der Waals surface area contributed by atoms with E-state index in [4.69, 9.17) is 5.73 Å². The molecule has 1 unspecified atom stereocenters. The summed E-state index contributed by atoms with van der Waals surface area (Å²) in [5.74, 6) is 1.33. The molecule has 0 aromatic carbocycles. The van der Waals surface area contributed by atoms with Crippen LogP contribution in [0.25, 0.3) is 0 Å². The van der Waals surface area contributed by atoms with Crippen molar-refractivity contribution in [3.05, 3.63) is 0 Å². The van der Waals surface area contributed by atoms with E-state index in [2.05, 4.69) is 18.7 Å². The van der Waals surface area contributed by atoms with Crippen molar-refractivity contribution in [2.75, 3.05) is 19.6 Å². The van der Waals surface area contributed by atoms with E-state index in [-0.39, 0.29) is 0 Å². The molecule has 0 bridgehead atoms. The molecule has 2 aliphatic rings. The van der Waals surface area contributed by atoms with Gasteiger partial charge in [0.1, 0.15) is 0 Å². The third-order valence-corrected chi connectivity index (χ3v) is 4.09. The zero-order valence-corrected chi connectivity index (χ0v) is 10.7. The normalized spacial score (nSPS) is 25.1. The Morgan fingerprint density at radius 1 is 1.31 bits per heavy atom. The Balaban J connectivity index is 1.91. The highest BCUT2D eigenvalue weighted by atomic mass is 16.3. The molecule has 1 atom stereocenters. The Hall–Kier alpha value is -0.120. The predicted molar refractivity (Wildman–Crippen MR) is 66.2 cm³/mol. The van der Waals surface area contributed by atoms with Gasteiger partial charge in [0.05, 0.1) is 5.60 Å². The highest BCUT2D eigenvalue weighted by Gasteiger charge is 2.44. The van der Waals surface area contributed by atoms with Crippen molar-refractivity contribution >= 4 is 0 Å². The summed E-state index contributed by atoms with van der Waals surface area (Å²) in [6.45, 7) is 6.75. The lowest BCUT2D eigenvalue weighted by atomic mass is 9.96. The van der Waals surface area contributed by atoms with Crippen LogP contribution in [0.15, 0.2) is 0 Å². The molecule has 0 aromatic rings. The quantitative estimate of drug-likeness (QED) is 0.686. The van der Waals surface area contributed by atoms with E-state index >= 15 is 0 Å². The van der Waals surface area contributed by atoms with Crippen molar-refractivity contribution < 1.29 is 5.11 Å². The Morgan fingerprint density at radius 2 is 1.94 bits per heavy atom. The first-order chi connectivity index (χ1) is 7.55. The van der Waals surface area contributed by atoms with E-state index in [0.717, 1.165) is 31.8 Å². The number of rotatable bonds is 7. The van der Waals surface area contributed by atoms with Crippen LogP contribution in [0, 0.1) is 11.8 Å². The van der Waals surface area contributed by atoms with Gasteiger partial charge in [0, 0.05) is 25.7 Å². The minimum atomic E-state index is -0.626. The highest BCUT2D eigenvalue weighted by Crippen LogP contribution is 2.40. The third kappa shape index (κ3) is 2.96. The topological polar surface area (TPSA) is 49.5 Å². The zero-order chi connectivity index (χ0) is 11.8. The van der Waals surface area contributed by atoms with Gasteiger partial charge in [0.15, 0.2) is 0 Å². The molecule has 2 fully saturated rings. The van der Waals surface area contributed by atoms with E-state index in [1.807, 2.05) is 0 Å². The third-order valence-electron chi connectivity index (χ3n) is 4.09. The average molecular weight is 226 g/mol. The summed E-state index contributed by atoms with van der Waals surface area (Å²) in [5.41, 5.74) is 5.14. The summed E-state index contributed by atoms with van der Waals surface area (Å²) in [6, 6.07) is 0.512. The van der Waals surface area contributed by atoms with Crippen LogP contribution in [0.1, 0.15) is 39.5 Å². The molecule has 0 amide bonds. The lowest BCUT2D eigenvalue weighted by molar-refractivity contribution is -0.0172. The maximum atomic E-state index is 10.5. The molecule has 16 heavy (non-hydrogen) atoms. The second-order valence-corrected chi connectivity index (χ2v) is 6.05. The minimum absolute atomic E-state index is 0.408. The molecule has 3 N–H and O–H groups in total. The first-order valence-corrected chi connectivity index (χ1v) is 6.71. The van der Waals surface area contributed by atoms with Crippen LogP contribution < -0.4 is 5.73 Å². The second kappa shape index (κ2) is 4.63. The maximum Gasteiger partial charge on any atom is 0.0923 e. The summed E-state index contributed by atoms with van der Waals surface area (Å²) >= 11 is 0. The molecule has 3 heteroatoms. The zero-order valence-electron chi connectivity index (χ0n) is 10.7. The van der Waals surface area contributed by atoms with Crippen LogP contribution in [-0.4, -0.2) is 41.3 Å². The molecular formula is C13H26N2O. The average Bonchev–Trinajstić information content (AvgIpc) is 3.08. The predicted octanol–water partition coefficient (Wildman–Crippen LogP) is 1.21. The van der Waals surface area contributed by atoms with Gasteiger partial charge < -0.3 is 10.8 Å². The molecule has 0 radical (unpaired) electrons. The van der Waals surface area contributed by atoms with Gasteiger partial charge in [-0.1, -0.05) is 0 Å². The van der Waals surface area contributed by atoms with Crippen LogP contribution in [0.2, 0.25) is 0 Å². The van der Waals surface area contributed by atoms with Gasteiger partial charge in [-0.3, -0.25) is 4.90 Å². The number of nitrogens with zero attached hydrogens (tertiary/aromatic N) is 1. The Bertz CT molecular complexity index is 236. The lowest BCUT2D eigenvalue weighted by Gasteiger charge is -2.36. The molecule has 0 aromatic heterocycles. The fourth-order valence-electron chi connectivity index (χ4n) is 2.42. The summed E-state index contributed by atoms with van der Waals surface area (Å²) in [4.78, 5) is 2.42. The van der Waals surface area contributed by atoms with E-state index in [9.17, 15) is 5.11 Å². The van der Waals surface area contributed by atoms with E-state index in [1.54, 1.807) is 0 Å². The van der Waals surface area contributed by atoms with Crippen LogP contribution in [0.5, 0.6) is 0 Å². The van der Waals surface area contributed by atoms with Gasteiger partial charge in [-0.2, -0.15) is 0 Å². The SMILES string of the molecule is CC(C)N(CC1CC1)CC(O)(CN)C1CC1. The molecule has 94 valence electrons. The van der Waals surface area contributed by atoms with Gasteiger partial charge in [-0.15, -0.1) is 0 Å². The fraction of sp³-hybridized carbons (Fsp3) is 1.00. The molecule has 2 rings (SSSR count). The first-order valence-electron chi connectivity index (χ1n) is 6.71. The van der Waals surface area contributed by atoms with Gasteiger partial charge in [-0.25, -0.2) is 0 Å². The fourth-order valence-corrected chi connectivity index (χ4v) is 2.42. The minimum Gasteiger partial charge on any atom is -0.387 e. The molecule has 2 saturated carbocycles. The van der Waals surface area contributed by atoms with Crippen molar-refractivity contribution in [2.24, 2.45) is 17.6 Å². The smallest absolute Gasteiger partial charge is 0.0923 e. The van der Waals surface area contributed by atoms with Gasteiger partial charge in [0.2, 0.25) is 0 Å². The van der Waals surface area contributed by atoms with Gasteiger partial charge in [-0.05, 0) is 51.4 Å². The Kier molecular flexibility index (Phi) is 3.57. The van der Waals surface area contributed by atoms with E-state index in [0.29, 0.717) is 18.5 Å². The summed E-state index contributed by atoms with van der Waals surface area (Å²) in [7, 11) is 0. The number of hydrogen-bond acceptors (Lipinski definition) is 3. The molecule has 3 nitrogen and oxygen atoms in total. The monoisotopic (exact) mass is 226 g/mol. The van der Waals surface area contributed by atoms with Crippen molar-refractivity contribution in [1.29, 1.82) is 0 Å². The van der Waals surface area contributed by atoms with Crippen molar-refractivity contribution in [3.8, 4) is 0 Å². The molecular weight excluding hydrogens is 200 g/mol. The van der Waals surface area contributed by atoms with Gasteiger partial charge in [0.25, 0.3) is 0 Å². The van der Waals surface area contributed by atoms with Crippen molar-refractivity contribution in [1.82, 2.24) is 4.90 Å². The highest BCUT2D eigenvalue weighted by molar-refractivity contribution is 4.98. The van der Waals surface area contributed by atoms with Crippen molar-refractivity contribution in [2.45, 2.75) is 51.2 Å². The van der Waals surface area contributed by atoms with E-state index < -0.39 is 5.60 Å². The lowest BCUT2D eigenvalue weighted by Crippen LogP contribution is -2.52. The molecule has 0 saturated heterocycles. The van der Waals surface area contributed by atoms with Crippen LogP contribution in [0.4, 0.5) is 0 Å². The standard InChI is InChI=1S/C13H26N2O/c1-10(2)15(7-11-3-4-11)9-13(16,8-14)12-5-6-12/h10-12,16H,3-9,14H2,1-2H3. The number of aliphatic hydroxyl groups is 1. The van der Waals surface area contributed by atoms with Gasteiger partial charge >= 0.3 is 0 Å². The van der Waals surface area contributed by atoms with Crippen LogP contribution in [-0.2, 0) is 0 Å². The molecule has 0 aliphatic heterocycles. The van der Waals surface area contributed by atoms with Crippen LogP contribution >= 0.6 is 0 Å². The second-order valence-electron chi connectivity index (χ2n) is 6.05. The first kappa shape index (κ1) is 12.3. The van der Waals surface area contributed by atoms with Crippen molar-refractivity contribution in [3.63, 3.8) is 0 Å². The number of nitrogens with two attached hydrogens (primary N) is 1. The Labute approximate surface area is 99.0 Å². The maximum absolute atomic E-state index is 10.5.